The second-order valence-electron chi connectivity index (χ2n) is 5.08. The van der Waals surface area contributed by atoms with Crippen molar-refractivity contribution < 1.29 is 0 Å². The standard InChI is InChI=1S/C12H20BrN3/c1-8(2)9-5-3-4-6-11(9)16-12(14)10(13)7-15-16/h7-9,11H,3-6,14H2,1-2H3. The Labute approximate surface area is 106 Å². The zero-order valence-corrected chi connectivity index (χ0v) is 11.6. The first kappa shape index (κ1) is 12.0. The average molecular weight is 286 g/mol. The van der Waals surface area contributed by atoms with E-state index in [9.17, 15) is 0 Å². The highest BCUT2D eigenvalue weighted by molar-refractivity contribution is 9.10. The van der Waals surface area contributed by atoms with E-state index >= 15 is 0 Å². The van der Waals surface area contributed by atoms with Crippen molar-refractivity contribution in [1.29, 1.82) is 0 Å². The Kier molecular flexibility index (Phi) is 3.57. The van der Waals surface area contributed by atoms with Gasteiger partial charge in [0.25, 0.3) is 0 Å². The van der Waals surface area contributed by atoms with Crippen LogP contribution >= 0.6 is 15.9 Å². The first-order chi connectivity index (χ1) is 7.61. The van der Waals surface area contributed by atoms with Gasteiger partial charge in [-0.1, -0.05) is 26.7 Å². The van der Waals surface area contributed by atoms with Crippen LogP contribution in [0.25, 0.3) is 0 Å². The molecule has 1 aromatic rings. The zero-order valence-electron chi connectivity index (χ0n) is 9.99. The first-order valence-electron chi connectivity index (χ1n) is 6.09. The van der Waals surface area contributed by atoms with Gasteiger partial charge in [-0.05, 0) is 40.6 Å². The SMILES string of the molecule is CC(C)C1CCCCC1n1ncc(Br)c1N. The van der Waals surface area contributed by atoms with Gasteiger partial charge in [-0.25, -0.2) is 4.68 Å². The quantitative estimate of drug-likeness (QED) is 0.902. The van der Waals surface area contributed by atoms with Gasteiger partial charge in [0.05, 0.1) is 16.7 Å². The molecular weight excluding hydrogens is 266 g/mol. The van der Waals surface area contributed by atoms with Crippen molar-refractivity contribution in [3.8, 4) is 0 Å². The molecule has 0 spiro atoms. The van der Waals surface area contributed by atoms with Gasteiger partial charge in [0.15, 0.2) is 0 Å². The predicted molar refractivity (Wildman–Crippen MR) is 70.2 cm³/mol. The maximum atomic E-state index is 6.05. The molecule has 1 heterocycles. The van der Waals surface area contributed by atoms with Gasteiger partial charge in [-0.2, -0.15) is 5.10 Å². The van der Waals surface area contributed by atoms with E-state index in [1.807, 2.05) is 4.68 Å². The number of anilines is 1. The number of hydrogen-bond donors (Lipinski definition) is 1. The molecule has 90 valence electrons. The minimum atomic E-state index is 0.486. The third kappa shape index (κ3) is 2.12. The van der Waals surface area contributed by atoms with Crippen molar-refractivity contribution in [2.75, 3.05) is 5.73 Å². The molecule has 1 aliphatic carbocycles. The third-order valence-electron chi connectivity index (χ3n) is 3.74. The highest BCUT2D eigenvalue weighted by Crippen LogP contribution is 2.40. The van der Waals surface area contributed by atoms with Crippen molar-refractivity contribution in [3.05, 3.63) is 10.7 Å². The predicted octanol–water partition coefficient (Wildman–Crippen LogP) is 3.62. The fraction of sp³-hybridized carbons (Fsp3) is 0.750. The van der Waals surface area contributed by atoms with Gasteiger partial charge in [0.1, 0.15) is 5.82 Å². The van der Waals surface area contributed by atoms with Crippen LogP contribution in [-0.4, -0.2) is 9.78 Å². The molecule has 0 amide bonds. The van der Waals surface area contributed by atoms with E-state index in [2.05, 4.69) is 34.9 Å². The second-order valence-corrected chi connectivity index (χ2v) is 5.94. The molecule has 0 radical (unpaired) electrons. The Bertz CT molecular complexity index is 359. The molecule has 2 rings (SSSR count). The lowest BCUT2D eigenvalue weighted by Gasteiger charge is -2.34. The number of nitrogens with two attached hydrogens (primary N) is 1. The van der Waals surface area contributed by atoms with Crippen molar-refractivity contribution in [2.24, 2.45) is 11.8 Å². The molecule has 0 saturated heterocycles. The van der Waals surface area contributed by atoms with Crippen LogP contribution in [0.4, 0.5) is 5.82 Å². The minimum absolute atomic E-state index is 0.486. The number of halogens is 1. The van der Waals surface area contributed by atoms with Gasteiger partial charge in [0, 0.05) is 0 Å². The summed E-state index contributed by atoms with van der Waals surface area (Å²) in [6.45, 7) is 4.61. The summed E-state index contributed by atoms with van der Waals surface area (Å²) < 4.78 is 2.94. The van der Waals surface area contributed by atoms with Crippen LogP contribution in [0, 0.1) is 11.8 Å². The van der Waals surface area contributed by atoms with Gasteiger partial charge < -0.3 is 5.73 Å². The number of nitrogen functional groups attached to an aromatic ring is 1. The highest BCUT2D eigenvalue weighted by atomic mass is 79.9. The normalized spacial score (nSPS) is 26.2. The van der Waals surface area contributed by atoms with Crippen LogP contribution in [0.1, 0.15) is 45.6 Å². The van der Waals surface area contributed by atoms with E-state index in [1.54, 1.807) is 6.20 Å². The van der Waals surface area contributed by atoms with E-state index in [-0.39, 0.29) is 0 Å². The van der Waals surface area contributed by atoms with Gasteiger partial charge >= 0.3 is 0 Å². The van der Waals surface area contributed by atoms with Crippen LogP contribution in [0.5, 0.6) is 0 Å². The van der Waals surface area contributed by atoms with Crippen LogP contribution in [0.15, 0.2) is 10.7 Å². The summed E-state index contributed by atoms with van der Waals surface area (Å²) in [7, 11) is 0. The van der Waals surface area contributed by atoms with E-state index in [1.165, 1.54) is 25.7 Å². The van der Waals surface area contributed by atoms with Crippen molar-refractivity contribution in [3.63, 3.8) is 0 Å². The van der Waals surface area contributed by atoms with Crippen LogP contribution < -0.4 is 5.73 Å². The fourth-order valence-electron chi connectivity index (χ4n) is 2.84. The fourth-order valence-corrected chi connectivity index (χ4v) is 3.11. The Morgan fingerprint density at radius 1 is 1.44 bits per heavy atom. The van der Waals surface area contributed by atoms with Crippen LogP contribution in [0.3, 0.4) is 0 Å². The Balaban J connectivity index is 2.26. The van der Waals surface area contributed by atoms with E-state index in [0.29, 0.717) is 17.9 Å². The summed E-state index contributed by atoms with van der Waals surface area (Å²) in [5.41, 5.74) is 6.05. The van der Waals surface area contributed by atoms with Crippen LogP contribution in [0.2, 0.25) is 0 Å². The lowest BCUT2D eigenvalue weighted by Crippen LogP contribution is -2.28. The molecule has 1 aliphatic rings. The summed E-state index contributed by atoms with van der Waals surface area (Å²) in [6.07, 6.45) is 6.97. The van der Waals surface area contributed by atoms with Crippen molar-refractivity contribution >= 4 is 21.7 Å². The van der Waals surface area contributed by atoms with Crippen LogP contribution in [-0.2, 0) is 0 Å². The maximum absolute atomic E-state index is 6.05. The molecule has 4 heteroatoms. The van der Waals surface area contributed by atoms with E-state index in [4.69, 9.17) is 5.73 Å². The minimum Gasteiger partial charge on any atom is -0.383 e. The Morgan fingerprint density at radius 2 is 2.12 bits per heavy atom. The van der Waals surface area contributed by atoms with Crippen molar-refractivity contribution in [1.82, 2.24) is 9.78 Å². The van der Waals surface area contributed by atoms with E-state index < -0.39 is 0 Å². The highest BCUT2D eigenvalue weighted by Gasteiger charge is 2.30. The largest absolute Gasteiger partial charge is 0.383 e. The zero-order chi connectivity index (χ0) is 11.7. The lowest BCUT2D eigenvalue weighted by atomic mass is 9.78. The monoisotopic (exact) mass is 285 g/mol. The lowest BCUT2D eigenvalue weighted by molar-refractivity contribution is 0.174. The molecule has 3 nitrogen and oxygen atoms in total. The Hall–Kier alpha value is -0.510. The molecule has 2 N–H and O–H groups in total. The van der Waals surface area contributed by atoms with Gasteiger partial charge in [0.2, 0.25) is 0 Å². The number of hydrogen-bond acceptors (Lipinski definition) is 2. The number of nitrogens with zero attached hydrogens (tertiary/aromatic N) is 2. The second kappa shape index (κ2) is 4.78. The molecular formula is C12H20BrN3. The molecule has 0 bridgehead atoms. The molecule has 2 atom stereocenters. The summed E-state index contributed by atoms with van der Waals surface area (Å²) >= 11 is 3.43. The van der Waals surface area contributed by atoms with Crippen molar-refractivity contribution in [2.45, 2.75) is 45.6 Å². The molecule has 1 saturated carbocycles. The molecule has 0 aromatic carbocycles. The number of aromatic nitrogens is 2. The summed E-state index contributed by atoms with van der Waals surface area (Å²) in [5, 5.41) is 4.42. The topological polar surface area (TPSA) is 43.8 Å². The molecule has 16 heavy (non-hydrogen) atoms. The number of rotatable bonds is 2. The van der Waals surface area contributed by atoms with Gasteiger partial charge in [-0.15, -0.1) is 0 Å². The summed E-state index contributed by atoms with van der Waals surface area (Å²) in [4.78, 5) is 0. The molecule has 0 aliphatic heterocycles. The summed E-state index contributed by atoms with van der Waals surface area (Å²) in [5.74, 6) is 2.19. The summed E-state index contributed by atoms with van der Waals surface area (Å²) in [6, 6.07) is 0.486. The Morgan fingerprint density at radius 3 is 2.69 bits per heavy atom. The molecule has 2 unspecified atom stereocenters. The smallest absolute Gasteiger partial charge is 0.136 e. The first-order valence-corrected chi connectivity index (χ1v) is 6.89. The molecule has 1 fully saturated rings. The third-order valence-corrected chi connectivity index (χ3v) is 4.35. The van der Waals surface area contributed by atoms with Gasteiger partial charge in [-0.3, -0.25) is 0 Å². The average Bonchev–Trinajstić information content (AvgIpc) is 2.60. The van der Waals surface area contributed by atoms with E-state index in [0.717, 1.165) is 10.3 Å². The maximum Gasteiger partial charge on any atom is 0.136 e. The molecule has 1 aromatic heterocycles.